The molecular weight excluding hydrogens is 424 g/mol. The van der Waals surface area contributed by atoms with Crippen molar-refractivity contribution in [3.8, 4) is 0 Å². The van der Waals surface area contributed by atoms with Crippen molar-refractivity contribution in [3.63, 3.8) is 0 Å². The number of halogens is 2. The molecule has 0 bridgehead atoms. The van der Waals surface area contributed by atoms with Gasteiger partial charge in [-0.15, -0.1) is 24.8 Å². The van der Waals surface area contributed by atoms with Gasteiger partial charge in [0.1, 0.15) is 0 Å². The predicted octanol–water partition coefficient (Wildman–Crippen LogP) is 5.07. The SMILES string of the molecule is Cl.Cl.[CH2]=[Zr]([CH3])([CH2]CO)([NH]C(C)(C)C)([O]C)[C]1=C(C)C(C)=C(C)C1C. The third-order valence-corrected chi connectivity index (χ3v) is 24.0. The third kappa shape index (κ3) is 4.32. The van der Waals surface area contributed by atoms with E-state index >= 15 is 0 Å². The molecule has 2 N–H and O–H groups in total. The second kappa shape index (κ2) is 7.37. The van der Waals surface area contributed by atoms with E-state index < -0.39 is 17.5 Å². The third-order valence-electron chi connectivity index (χ3n) is 5.91. The van der Waals surface area contributed by atoms with Crippen molar-refractivity contribution in [2.75, 3.05) is 13.7 Å². The predicted molar refractivity (Wildman–Crippen MR) is 110 cm³/mol. The number of aliphatic hydroxyl groups is 1. The first-order valence-corrected chi connectivity index (χ1v) is 17.7. The van der Waals surface area contributed by atoms with E-state index in [0.717, 1.165) is 0 Å². The Balaban J connectivity index is 0. The number of allylic oxidation sites excluding steroid dienone is 4. The minimum atomic E-state index is -4.78. The molecule has 0 saturated carbocycles. The number of hydrogen-bond donors (Lipinski definition) is 2. The first kappa shape index (κ1) is 26.9. The summed E-state index contributed by atoms with van der Waals surface area (Å²) in [6, 6.07) is 0. The molecule has 0 saturated heterocycles. The molecule has 3 nitrogen and oxygen atoms in total. The van der Waals surface area contributed by atoms with Crippen LogP contribution < -0.4 is 3.26 Å². The summed E-state index contributed by atoms with van der Waals surface area (Å²) in [5.74, 6) is 0.307. The summed E-state index contributed by atoms with van der Waals surface area (Å²) >= 11 is -4.78. The van der Waals surface area contributed by atoms with Crippen LogP contribution in [-0.2, 0) is 20.4 Å². The molecule has 0 heterocycles. The summed E-state index contributed by atoms with van der Waals surface area (Å²) < 4.78 is 19.1. The molecule has 0 spiro atoms. The Labute approximate surface area is 159 Å². The molecule has 1 rings (SSSR count). The van der Waals surface area contributed by atoms with Crippen molar-refractivity contribution in [1.29, 1.82) is 0 Å². The molecule has 1 aliphatic carbocycles. The van der Waals surface area contributed by atoms with Gasteiger partial charge in [-0.05, 0) is 0 Å². The van der Waals surface area contributed by atoms with Crippen molar-refractivity contribution in [2.24, 2.45) is 5.92 Å². The quantitative estimate of drug-likeness (QED) is 0.599. The van der Waals surface area contributed by atoms with Gasteiger partial charge in [0.05, 0.1) is 0 Å². The molecule has 0 aromatic rings. The molecule has 0 radical (unpaired) electrons. The fraction of sp³-hybridized carbons (Fsp3) is 0.722. The standard InChI is InChI=1S/C9H13.C4H10N.C2H5O.CH3O.CH3.CH2.2ClH.Zr/c1-6-5-7(2)9(4)8(6)3;1-4(2,3)5;1-2-3;1-2;;;;;/h6H,1-4H3;5H,1-3H3;3H,1-2H2;1H3;1H3;1H2;2*1H;/q;-1;;-1;;;;;+2. The van der Waals surface area contributed by atoms with Crippen LogP contribution >= 0.6 is 24.8 Å². The van der Waals surface area contributed by atoms with Crippen LogP contribution in [0.15, 0.2) is 20.0 Å². The fourth-order valence-corrected chi connectivity index (χ4v) is 22.9. The van der Waals surface area contributed by atoms with E-state index in [1.54, 1.807) is 7.11 Å². The van der Waals surface area contributed by atoms with Gasteiger partial charge in [-0.3, -0.25) is 0 Å². The van der Waals surface area contributed by atoms with Crippen LogP contribution in [0.4, 0.5) is 0 Å². The van der Waals surface area contributed by atoms with Gasteiger partial charge in [0.15, 0.2) is 0 Å². The fourth-order valence-electron chi connectivity index (χ4n) is 4.83. The van der Waals surface area contributed by atoms with Crippen LogP contribution in [0.25, 0.3) is 0 Å². The zero-order valence-corrected chi connectivity index (χ0v) is 21.0. The normalized spacial score (nSPS) is 21.8. The van der Waals surface area contributed by atoms with Gasteiger partial charge in [-0.1, -0.05) is 0 Å². The Morgan fingerprint density at radius 3 is 1.88 bits per heavy atom. The van der Waals surface area contributed by atoms with Gasteiger partial charge in [0.25, 0.3) is 0 Å². The van der Waals surface area contributed by atoms with Crippen LogP contribution in [0.1, 0.15) is 48.5 Å². The Morgan fingerprint density at radius 1 is 1.17 bits per heavy atom. The summed E-state index contributed by atoms with van der Waals surface area (Å²) in [4.78, 5) is 0. The maximum absolute atomic E-state index is 9.88. The van der Waals surface area contributed by atoms with E-state index in [1.807, 2.05) is 0 Å². The first-order valence-electron chi connectivity index (χ1n) is 8.29. The van der Waals surface area contributed by atoms with Crippen molar-refractivity contribution in [1.82, 2.24) is 3.26 Å². The zero-order chi connectivity index (χ0) is 17.6. The van der Waals surface area contributed by atoms with Crippen LogP contribution in [-0.4, -0.2) is 28.6 Å². The number of rotatable bonds is 5. The molecule has 0 fully saturated rings. The van der Waals surface area contributed by atoms with Crippen LogP contribution in [0.3, 0.4) is 0 Å². The average molecular weight is 463 g/mol. The second-order valence-corrected chi connectivity index (χ2v) is 28.0. The van der Waals surface area contributed by atoms with Crippen LogP contribution in [0.2, 0.25) is 8.76 Å². The summed E-state index contributed by atoms with van der Waals surface area (Å²) in [6.45, 7) is 15.3. The van der Waals surface area contributed by atoms with Crippen molar-refractivity contribution in [3.05, 3.63) is 20.0 Å². The van der Waals surface area contributed by atoms with E-state index in [4.69, 9.17) is 7.02 Å². The van der Waals surface area contributed by atoms with Gasteiger partial charge in [-0.2, -0.15) is 0 Å². The molecule has 0 aliphatic heterocycles. The average Bonchev–Trinajstić information content (AvgIpc) is 2.53. The summed E-state index contributed by atoms with van der Waals surface area (Å²) in [7, 11) is 1.77. The van der Waals surface area contributed by atoms with Crippen molar-refractivity contribution in [2.45, 2.75) is 62.8 Å². The van der Waals surface area contributed by atoms with E-state index in [0.29, 0.717) is 10.0 Å². The molecule has 1 unspecified atom stereocenters. The monoisotopic (exact) mass is 460 g/mol. The van der Waals surface area contributed by atoms with E-state index in [2.05, 4.69) is 56.4 Å². The van der Waals surface area contributed by atoms with Gasteiger partial charge >= 0.3 is 135 Å². The van der Waals surface area contributed by atoms with Gasteiger partial charge in [0, 0.05) is 0 Å². The molecule has 0 aromatic heterocycles. The van der Waals surface area contributed by atoms with E-state index in [9.17, 15) is 5.11 Å². The van der Waals surface area contributed by atoms with E-state index in [-0.39, 0.29) is 37.0 Å². The Kier molecular flexibility index (Phi) is 8.26. The minimum absolute atomic E-state index is 0. The zero-order valence-electron chi connectivity index (χ0n) is 16.9. The van der Waals surface area contributed by atoms with Gasteiger partial charge in [0.2, 0.25) is 0 Å². The van der Waals surface area contributed by atoms with Crippen molar-refractivity contribution < 1.29 is 25.5 Å². The summed E-state index contributed by atoms with van der Waals surface area (Å²) in [6.07, 6.45) is 0. The van der Waals surface area contributed by atoms with Crippen LogP contribution in [0.5, 0.6) is 0 Å². The molecule has 6 heteroatoms. The number of nitrogens with one attached hydrogen (secondary N) is 1. The molecule has 0 aromatic carbocycles. The molecule has 145 valence electrons. The van der Waals surface area contributed by atoms with Gasteiger partial charge in [-0.25, -0.2) is 0 Å². The molecular formula is C18H38Cl2NO2Zr. The van der Waals surface area contributed by atoms with E-state index in [1.165, 1.54) is 20.0 Å². The molecule has 24 heavy (non-hydrogen) atoms. The topological polar surface area (TPSA) is 41.5 Å². The Bertz CT molecular complexity index is 646. The summed E-state index contributed by atoms with van der Waals surface area (Å²) in [5.41, 5.74) is 3.89. The second-order valence-electron chi connectivity index (χ2n) is 9.11. The Morgan fingerprint density at radius 2 is 1.62 bits per heavy atom. The molecule has 1 atom stereocenters. The number of hydrogen-bond acceptors (Lipinski definition) is 3. The molecule has 1 aliphatic rings. The first-order chi connectivity index (χ1) is 9.66. The maximum atomic E-state index is 9.88. The van der Waals surface area contributed by atoms with Gasteiger partial charge < -0.3 is 0 Å². The van der Waals surface area contributed by atoms with Crippen molar-refractivity contribution >= 4 is 29.0 Å². The molecule has 0 amide bonds. The Hall–Kier alpha value is 0.693. The summed E-state index contributed by atoms with van der Waals surface area (Å²) in [5, 5.41) is 9.88. The number of aliphatic hydroxyl groups excluding tert-OH is 1. The van der Waals surface area contributed by atoms with Crippen LogP contribution in [0, 0.1) is 5.92 Å².